The molecule has 0 spiro atoms. The summed E-state index contributed by atoms with van der Waals surface area (Å²) in [4.78, 5) is 4.48. The van der Waals surface area contributed by atoms with E-state index in [4.69, 9.17) is 15.9 Å². The van der Waals surface area contributed by atoms with Crippen molar-refractivity contribution in [1.82, 2.24) is 4.90 Å². The van der Waals surface area contributed by atoms with Crippen LogP contribution < -0.4 is 10.6 Å². The van der Waals surface area contributed by atoms with E-state index in [-0.39, 0.29) is 13.2 Å². The van der Waals surface area contributed by atoms with Gasteiger partial charge in [-0.1, -0.05) is 6.07 Å². The predicted molar refractivity (Wildman–Crippen MR) is 95.9 cm³/mol. The fourth-order valence-corrected chi connectivity index (χ4v) is 3.31. The van der Waals surface area contributed by atoms with Gasteiger partial charge < -0.3 is 20.8 Å². The Morgan fingerprint density at radius 3 is 2.30 bits per heavy atom. The molecule has 0 saturated carbocycles. The van der Waals surface area contributed by atoms with E-state index in [1.807, 2.05) is 0 Å². The number of aliphatic hydroxyl groups is 2. The van der Waals surface area contributed by atoms with Gasteiger partial charge in [0, 0.05) is 26.2 Å². The number of aryl methyl sites for hydroxylation is 1. The zero-order valence-electron chi connectivity index (χ0n) is 14.1. The minimum absolute atomic E-state index is 0.136. The molecule has 1 aromatic carbocycles. The van der Waals surface area contributed by atoms with Crippen LogP contribution in [0.2, 0.25) is 0 Å². The van der Waals surface area contributed by atoms with Crippen molar-refractivity contribution in [3.05, 3.63) is 23.8 Å². The minimum atomic E-state index is 0.136. The largest absolute Gasteiger partial charge is 0.397 e. The fourth-order valence-electron chi connectivity index (χ4n) is 3.31. The van der Waals surface area contributed by atoms with E-state index in [1.54, 1.807) is 0 Å². The standard InChI is InChI=1S/C18H31N3O2/c19-17-15-16(5-4-8-20(11-13-22)12-14-23)6-7-18(17)21-9-2-1-3-10-21/h6-7,15,22-23H,1-5,8-14,19H2. The molecule has 1 aliphatic heterocycles. The van der Waals surface area contributed by atoms with Crippen LogP contribution in [0.5, 0.6) is 0 Å². The van der Waals surface area contributed by atoms with Crippen LogP contribution >= 0.6 is 0 Å². The first-order valence-corrected chi connectivity index (χ1v) is 8.82. The molecule has 1 heterocycles. The quantitative estimate of drug-likeness (QED) is 0.601. The number of anilines is 2. The molecular formula is C18H31N3O2. The van der Waals surface area contributed by atoms with Gasteiger partial charge in [0.15, 0.2) is 0 Å². The summed E-state index contributed by atoms with van der Waals surface area (Å²) >= 11 is 0. The molecule has 0 aliphatic carbocycles. The summed E-state index contributed by atoms with van der Waals surface area (Å²) in [6, 6.07) is 6.45. The Morgan fingerprint density at radius 1 is 1.00 bits per heavy atom. The summed E-state index contributed by atoms with van der Waals surface area (Å²) in [6.45, 7) is 4.62. The molecule has 5 nitrogen and oxygen atoms in total. The first-order chi connectivity index (χ1) is 11.2. The Hall–Kier alpha value is -1.30. The maximum atomic E-state index is 9.03. The normalized spacial score (nSPS) is 15.3. The molecule has 0 bridgehead atoms. The predicted octanol–water partition coefficient (Wildman–Crippen LogP) is 1.48. The van der Waals surface area contributed by atoms with E-state index < -0.39 is 0 Å². The number of nitrogen functional groups attached to an aromatic ring is 1. The molecule has 1 fully saturated rings. The lowest BCUT2D eigenvalue weighted by Crippen LogP contribution is -2.31. The first kappa shape index (κ1) is 18.0. The van der Waals surface area contributed by atoms with Crippen molar-refractivity contribution < 1.29 is 10.2 Å². The highest BCUT2D eigenvalue weighted by Crippen LogP contribution is 2.27. The van der Waals surface area contributed by atoms with Gasteiger partial charge in [0.05, 0.1) is 24.6 Å². The molecular weight excluding hydrogens is 290 g/mol. The van der Waals surface area contributed by atoms with Crippen LogP contribution in [0, 0.1) is 0 Å². The number of rotatable bonds is 9. The lowest BCUT2D eigenvalue weighted by molar-refractivity contribution is 0.160. The number of nitrogens with two attached hydrogens (primary N) is 1. The van der Waals surface area contributed by atoms with Gasteiger partial charge in [-0.15, -0.1) is 0 Å². The van der Waals surface area contributed by atoms with Crippen molar-refractivity contribution >= 4 is 11.4 Å². The van der Waals surface area contributed by atoms with Gasteiger partial charge >= 0.3 is 0 Å². The van der Waals surface area contributed by atoms with E-state index in [9.17, 15) is 0 Å². The minimum Gasteiger partial charge on any atom is -0.397 e. The number of hydrogen-bond donors (Lipinski definition) is 3. The second-order valence-electron chi connectivity index (χ2n) is 6.33. The third kappa shape index (κ3) is 5.68. The van der Waals surface area contributed by atoms with Gasteiger partial charge in [-0.3, -0.25) is 4.90 Å². The fraction of sp³-hybridized carbons (Fsp3) is 0.667. The van der Waals surface area contributed by atoms with Crippen LogP contribution in [0.3, 0.4) is 0 Å². The summed E-state index contributed by atoms with van der Waals surface area (Å²) in [5.41, 5.74) is 9.58. The number of hydrogen-bond acceptors (Lipinski definition) is 5. The molecule has 0 amide bonds. The van der Waals surface area contributed by atoms with E-state index >= 15 is 0 Å². The number of aliphatic hydroxyl groups excluding tert-OH is 2. The lowest BCUT2D eigenvalue weighted by Gasteiger charge is -2.30. The zero-order valence-corrected chi connectivity index (χ0v) is 14.1. The summed E-state index contributed by atoms with van der Waals surface area (Å²) in [6.07, 6.45) is 5.81. The number of nitrogens with zero attached hydrogens (tertiary/aromatic N) is 2. The average Bonchev–Trinajstić information content (AvgIpc) is 2.56. The summed E-state index contributed by atoms with van der Waals surface area (Å²) in [5, 5.41) is 18.1. The molecule has 1 saturated heterocycles. The third-order valence-electron chi connectivity index (χ3n) is 4.56. The Morgan fingerprint density at radius 2 is 1.70 bits per heavy atom. The topological polar surface area (TPSA) is 73.0 Å². The van der Waals surface area contributed by atoms with Crippen LogP contribution in [-0.2, 0) is 6.42 Å². The second-order valence-corrected chi connectivity index (χ2v) is 6.33. The SMILES string of the molecule is Nc1cc(CCCN(CCO)CCO)ccc1N1CCCCC1. The second kappa shape index (κ2) is 9.75. The maximum absolute atomic E-state index is 9.03. The molecule has 0 atom stereocenters. The monoisotopic (exact) mass is 321 g/mol. The van der Waals surface area contributed by atoms with Crippen molar-refractivity contribution in [2.75, 3.05) is 56.6 Å². The summed E-state index contributed by atoms with van der Waals surface area (Å²) in [5.74, 6) is 0. The third-order valence-corrected chi connectivity index (χ3v) is 4.56. The van der Waals surface area contributed by atoms with Gasteiger partial charge in [0.2, 0.25) is 0 Å². The Bertz CT molecular complexity index is 456. The van der Waals surface area contributed by atoms with Crippen molar-refractivity contribution in [3.63, 3.8) is 0 Å². The van der Waals surface area contributed by atoms with Crippen molar-refractivity contribution in [2.24, 2.45) is 0 Å². The molecule has 1 aliphatic rings. The van der Waals surface area contributed by atoms with Gasteiger partial charge in [-0.05, 0) is 56.3 Å². The summed E-state index contributed by atoms with van der Waals surface area (Å²) < 4.78 is 0. The zero-order chi connectivity index (χ0) is 16.5. The van der Waals surface area contributed by atoms with Crippen molar-refractivity contribution in [2.45, 2.75) is 32.1 Å². The van der Waals surface area contributed by atoms with Crippen LogP contribution in [0.25, 0.3) is 0 Å². The van der Waals surface area contributed by atoms with Crippen LogP contribution in [-0.4, -0.2) is 61.1 Å². The smallest absolute Gasteiger partial charge is 0.0600 e. The van der Waals surface area contributed by atoms with Crippen LogP contribution in [0.15, 0.2) is 18.2 Å². The number of benzene rings is 1. The Kier molecular flexibility index (Phi) is 7.65. The lowest BCUT2D eigenvalue weighted by atomic mass is 10.1. The molecule has 4 N–H and O–H groups in total. The Labute approximate surface area is 139 Å². The highest BCUT2D eigenvalue weighted by Gasteiger charge is 2.13. The van der Waals surface area contributed by atoms with E-state index in [1.165, 1.54) is 30.5 Å². The molecule has 5 heteroatoms. The molecule has 2 rings (SSSR count). The van der Waals surface area contributed by atoms with Crippen LogP contribution in [0.4, 0.5) is 11.4 Å². The van der Waals surface area contributed by atoms with Gasteiger partial charge in [0.25, 0.3) is 0 Å². The molecule has 23 heavy (non-hydrogen) atoms. The number of piperidine rings is 1. The van der Waals surface area contributed by atoms with E-state index in [0.717, 1.165) is 38.2 Å². The highest BCUT2D eigenvalue weighted by molar-refractivity contribution is 5.68. The highest BCUT2D eigenvalue weighted by atomic mass is 16.3. The van der Waals surface area contributed by atoms with E-state index in [2.05, 4.69) is 28.0 Å². The first-order valence-electron chi connectivity index (χ1n) is 8.82. The van der Waals surface area contributed by atoms with Crippen molar-refractivity contribution in [3.8, 4) is 0 Å². The molecule has 0 aromatic heterocycles. The summed E-state index contributed by atoms with van der Waals surface area (Å²) in [7, 11) is 0. The van der Waals surface area contributed by atoms with Crippen LogP contribution in [0.1, 0.15) is 31.2 Å². The molecule has 1 aromatic rings. The van der Waals surface area contributed by atoms with E-state index in [0.29, 0.717) is 13.1 Å². The van der Waals surface area contributed by atoms with Gasteiger partial charge in [-0.2, -0.15) is 0 Å². The van der Waals surface area contributed by atoms with Gasteiger partial charge in [-0.25, -0.2) is 0 Å². The van der Waals surface area contributed by atoms with Crippen molar-refractivity contribution in [1.29, 1.82) is 0 Å². The maximum Gasteiger partial charge on any atom is 0.0600 e. The van der Waals surface area contributed by atoms with Gasteiger partial charge in [0.1, 0.15) is 0 Å². The Balaban J connectivity index is 1.85. The molecule has 0 unspecified atom stereocenters. The average molecular weight is 321 g/mol. The molecule has 0 radical (unpaired) electrons. The molecule has 130 valence electrons.